The van der Waals surface area contributed by atoms with Crippen LogP contribution in [-0.4, -0.2) is 77.8 Å². The van der Waals surface area contributed by atoms with Crippen molar-refractivity contribution in [2.24, 2.45) is 0 Å². The third-order valence-electron chi connectivity index (χ3n) is 8.18. The summed E-state index contributed by atoms with van der Waals surface area (Å²) in [5.41, 5.74) is 0.495. The molecule has 1 amide bonds. The van der Waals surface area contributed by atoms with Gasteiger partial charge in [-0.05, 0) is 77.1 Å². The number of hydrogen-bond acceptors (Lipinski definition) is 5. The largest absolute Gasteiger partial charge is 0.444 e. The number of fused-ring (bicyclic) bond motifs is 1. The molecule has 2 fully saturated rings. The van der Waals surface area contributed by atoms with E-state index in [1.54, 1.807) is 13.2 Å². The number of hydrogen-bond donors (Lipinski definition) is 0. The summed E-state index contributed by atoms with van der Waals surface area (Å²) >= 11 is 0. The van der Waals surface area contributed by atoms with Gasteiger partial charge in [0.15, 0.2) is 0 Å². The van der Waals surface area contributed by atoms with E-state index in [1.807, 2.05) is 25.7 Å². The second-order valence-electron chi connectivity index (χ2n) is 11.8. The van der Waals surface area contributed by atoms with Crippen LogP contribution in [0, 0.1) is 0 Å². The highest BCUT2D eigenvalue weighted by atomic mass is 19.4. The SMILES string of the molecule is CO[C@H]1C[C@H](N2CCN(C3(C)CCN(C(=O)OC(C)(C)C)CC3)CC2C)c2ccc(C(F)(F)F)cc21. The molecule has 9 heteroatoms. The Morgan fingerprint density at radius 2 is 1.72 bits per heavy atom. The number of carbonyl (C=O) groups excluding carboxylic acids is 1. The minimum atomic E-state index is -4.36. The van der Waals surface area contributed by atoms with Crippen LogP contribution in [0.15, 0.2) is 18.2 Å². The Morgan fingerprint density at radius 3 is 2.28 bits per heavy atom. The monoisotopic (exact) mass is 511 g/mol. The van der Waals surface area contributed by atoms with Gasteiger partial charge in [-0.2, -0.15) is 13.2 Å². The Morgan fingerprint density at radius 1 is 1.06 bits per heavy atom. The molecule has 2 aliphatic heterocycles. The summed E-state index contributed by atoms with van der Waals surface area (Å²) in [6, 6.07) is 4.41. The molecule has 1 aromatic rings. The summed E-state index contributed by atoms with van der Waals surface area (Å²) in [6.45, 7) is 14.1. The van der Waals surface area contributed by atoms with Crippen LogP contribution in [0.3, 0.4) is 0 Å². The van der Waals surface area contributed by atoms with Gasteiger partial charge in [-0.3, -0.25) is 9.80 Å². The summed E-state index contributed by atoms with van der Waals surface area (Å²) in [7, 11) is 1.57. The molecule has 0 spiro atoms. The highest BCUT2D eigenvalue weighted by Gasteiger charge is 2.44. The molecule has 3 atom stereocenters. The summed E-state index contributed by atoms with van der Waals surface area (Å²) in [6.07, 6.45) is -2.50. The maximum Gasteiger partial charge on any atom is 0.416 e. The van der Waals surface area contributed by atoms with Gasteiger partial charge in [-0.25, -0.2) is 4.79 Å². The standard InChI is InChI=1S/C27H40F3N3O3/c1-18-17-32(26(5)9-11-31(12-10-26)24(34)36-25(2,3)4)13-14-33(18)22-16-23(35-6)21-15-19(27(28,29)30)7-8-20(21)22/h7-8,15,18,22-23H,9-14,16-17H2,1-6H3/t18?,22-,23-/m0/s1. The number of rotatable bonds is 3. The molecule has 36 heavy (non-hydrogen) atoms. The van der Waals surface area contributed by atoms with Crippen molar-refractivity contribution in [2.75, 3.05) is 39.8 Å². The van der Waals surface area contributed by atoms with Gasteiger partial charge in [0.05, 0.1) is 11.7 Å². The number of piperidine rings is 1. The number of nitrogens with zero attached hydrogens (tertiary/aromatic N) is 3. The van der Waals surface area contributed by atoms with Gasteiger partial charge in [-0.1, -0.05) is 6.07 Å². The minimum absolute atomic E-state index is 0.00310. The number of methoxy groups -OCH3 is 1. The molecule has 4 rings (SSSR count). The maximum atomic E-state index is 13.3. The van der Waals surface area contributed by atoms with E-state index >= 15 is 0 Å². The third kappa shape index (κ3) is 5.53. The topological polar surface area (TPSA) is 45.2 Å². The maximum absolute atomic E-state index is 13.3. The lowest BCUT2D eigenvalue weighted by molar-refractivity contribution is -0.137. The molecular formula is C27H40F3N3O3. The first kappa shape index (κ1) is 27.2. The van der Waals surface area contributed by atoms with Crippen molar-refractivity contribution in [1.29, 1.82) is 0 Å². The van der Waals surface area contributed by atoms with Gasteiger partial charge < -0.3 is 14.4 Å². The molecule has 0 N–H and O–H groups in total. The predicted molar refractivity (Wildman–Crippen MR) is 132 cm³/mol. The molecule has 1 aromatic carbocycles. The zero-order valence-electron chi connectivity index (χ0n) is 22.3. The fraction of sp³-hybridized carbons (Fsp3) is 0.741. The number of ether oxygens (including phenoxy) is 2. The number of piperazine rings is 1. The first-order valence-electron chi connectivity index (χ1n) is 12.9. The van der Waals surface area contributed by atoms with E-state index in [-0.39, 0.29) is 29.8 Å². The molecular weight excluding hydrogens is 471 g/mol. The summed E-state index contributed by atoms with van der Waals surface area (Å²) in [4.78, 5) is 19.3. The molecule has 2 saturated heterocycles. The summed E-state index contributed by atoms with van der Waals surface area (Å²) in [5.74, 6) is 0. The van der Waals surface area contributed by atoms with Crippen LogP contribution in [0.2, 0.25) is 0 Å². The lowest BCUT2D eigenvalue weighted by atomic mass is 9.86. The fourth-order valence-corrected chi connectivity index (χ4v) is 6.07. The van der Waals surface area contributed by atoms with E-state index in [1.165, 1.54) is 12.1 Å². The van der Waals surface area contributed by atoms with Crippen LogP contribution in [-0.2, 0) is 15.7 Å². The van der Waals surface area contributed by atoms with E-state index < -0.39 is 17.3 Å². The quantitative estimate of drug-likeness (QED) is 0.526. The molecule has 0 aromatic heterocycles. The summed E-state index contributed by atoms with van der Waals surface area (Å²) in [5, 5.41) is 0. The van der Waals surface area contributed by atoms with Crippen molar-refractivity contribution >= 4 is 6.09 Å². The average Bonchev–Trinajstić information content (AvgIpc) is 3.15. The fourth-order valence-electron chi connectivity index (χ4n) is 6.07. The van der Waals surface area contributed by atoms with Crippen LogP contribution in [0.4, 0.5) is 18.0 Å². The number of alkyl halides is 3. The number of amides is 1. The highest BCUT2D eigenvalue weighted by molar-refractivity contribution is 5.68. The summed E-state index contributed by atoms with van der Waals surface area (Å²) < 4.78 is 51.1. The molecule has 0 bridgehead atoms. The van der Waals surface area contributed by atoms with Gasteiger partial charge >= 0.3 is 12.3 Å². The van der Waals surface area contributed by atoms with E-state index in [4.69, 9.17) is 9.47 Å². The van der Waals surface area contributed by atoms with Gasteiger partial charge in [0.2, 0.25) is 0 Å². The Kier molecular flexibility index (Phi) is 7.40. The van der Waals surface area contributed by atoms with E-state index in [9.17, 15) is 18.0 Å². The number of carbonyl (C=O) groups is 1. The van der Waals surface area contributed by atoms with Gasteiger partial charge in [0.1, 0.15) is 5.60 Å². The van der Waals surface area contributed by atoms with Gasteiger partial charge in [0, 0.05) is 57.5 Å². The normalized spacial score (nSPS) is 27.7. The van der Waals surface area contributed by atoms with Crippen molar-refractivity contribution in [3.05, 3.63) is 34.9 Å². The molecule has 6 nitrogen and oxygen atoms in total. The highest BCUT2D eigenvalue weighted by Crippen LogP contribution is 2.47. The zero-order chi connectivity index (χ0) is 26.5. The number of halogens is 3. The second-order valence-corrected chi connectivity index (χ2v) is 11.8. The first-order valence-corrected chi connectivity index (χ1v) is 12.9. The smallest absolute Gasteiger partial charge is 0.416 e. The second kappa shape index (κ2) is 9.80. The van der Waals surface area contributed by atoms with Crippen molar-refractivity contribution in [3.8, 4) is 0 Å². The number of likely N-dealkylation sites (tertiary alicyclic amines) is 1. The van der Waals surface area contributed by atoms with E-state index in [0.717, 1.165) is 38.0 Å². The lowest BCUT2D eigenvalue weighted by Gasteiger charge is -2.52. The van der Waals surface area contributed by atoms with E-state index in [0.29, 0.717) is 25.1 Å². The van der Waals surface area contributed by atoms with Crippen LogP contribution < -0.4 is 0 Å². The van der Waals surface area contributed by atoms with Crippen LogP contribution in [0.1, 0.15) is 82.7 Å². The van der Waals surface area contributed by atoms with Gasteiger partial charge in [0.25, 0.3) is 0 Å². The van der Waals surface area contributed by atoms with Crippen molar-refractivity contribution in [3.63, 3.8) is 0 Å². The van der Waals surface area contributed by atoms with Crippen molar-refractivity contribution in [1.82, 2.24) is 14.7 Å². The first-order chi connectivity index (χ1) is 16.7. The third-order valence-corrected chi connectivity index (χ3v) is 8.18. The zero-order valence-corrected chi connectivity index (χ0v) is 22.3. The average molecular weight is 512 g/mol. The lowest BCUT2D eigenvalue weighted by Crippen LogP contribution is -2.62. The van der Waals surface area contributed by atoms with Crippen molar-refractivity contribution < 1.29 is 27.4 Å². The number of benzene rings is 1. The molecule has 1 unspecified atom stereocenters. The Balaban J connectivity index is 1.41. The predicted octanol–water partition coefficient (Wildman–Crippen LogP) is 5.63. The molecule has 2 heterocycles. The molecule has 202 valence electrons. The van der Waals surface area contributed by atoms with Gasteiger partial charge in [-0.15, -0.1) is 0 Å². The van der Waals surface area contributed by atoms with E-state index in [2.05, 4.69) is 23.6 Å². The van der Waals surface area contributed by atoms with Crippen LogP contribution >= 0.6 is 0 Å². The Labute approximate surface area is 212 Å². The Hall–Kier alpha value is -1.84. The van der Waals surface area contributed by atoms with Crippen molar-refractivity contribution in [2.45, 2.75) is 89.4 Å². The molecule has 3 aliphatic rings. The molecule has 0 radical (unpaired) electrons. The molecule has 0 saturated carbocycles. The molecule has 1 aliphatic carbocycles. The van der Waals surface area contributed by atoms with Crippen LogP contribution in [0.5, 0.6) is 0 Å². The minimum Gasteiger partial charge on any atom is -0.444 e. The van der Waals surface area contributed by atoms with Crippen LogP contribution in [0.25, 0.3) is 0 Å². The Bertz CT molecular complexity index is 954.